The third kappa shape index (κ3) is 2.76. The van der Waals surface area contributed by atoms with E-state index in [1.807, 2.05) is 24.3 Å². The zero-order valence-electron chi connectivity index (χ0n) is 11.1. The van der Waals surface area contributed by atoms with Gasteiger partial charge >= 0.3 is 0 Å². The van der Waals surface area contributed by atoms with Crippen LogP contribution in [0.3, 0.4) is 0 Å². The third-order valence-corrected chi connectivity index (χ3v) is 3.02. The van der Waals surface area contributed by atoms with E-state index in [-0.39, 0.29) is 11.5 Å². The molecule has 5 nitrogen and oxygen atoms in total. The summed E-state index contributed by atoms with van der Waals surface area (Å²) in [5.41, 5.74) is 1.01. The van der Waals surface area contributed by atoms with E-state index in [4.69, 9.17) is 0 Å². The van der Waals surface area contributed by atoms with Gasteiger partial charge in [0.1, 0.15) is 5.82 Å². The number of amides is 1. The molecule has 0 spiro atoms. The van der Waals surface area contributed by atoms with Crippen molar-refractivity contribution in [1.29, 1.82) is 0 Å². The maximum absolute atomic E-state index is 12.0. The van der Waals surface area contributed by atoms with Gasteiger partial charge in [0.2, 0.25) is 0 Å². The normalized spacial score (nSPS) is 10.3. The first-order valence-corrected chi connectivity index (χ1v) is 6.48. The molecular weight excluding hydrogens is 266 g/mol. The number of hydrogen-bond donors (Lipinski definition) is 2. The number of H-pyrrole nitrogens is 1. The van der Waals surface area contributed by atoms with Crippen molar-refractivity contribution in [3.8, 4) is 5.69 Å². The fraction of sp³-hybridized carbons (Fsp3) is 0. The highest BCUT2D eigenvalue weighted by Gasteiger charge is 2.09. The summed E-state index contributed by atoms with van der Waals surface area (Å²) in [6, 6.07) is 19.3. The van der Waals surface area contributed by atoms with Crippen LogP contribution >= 0.6 is 0 Å². The minimum atomic E-state index is -0.267. The summed E-state index contributed by atoms with van der Waals surface area (Å²) in [6.45, 7) is 0. The third-order valence-electron chi connectivity index (χ3n) is 3.02. The highest BCUT2D eigenvalue weighted by molar-refractivity contribution is 6.03. The minimum Gasteiger partial charge on any atom is -0.307 e. The molecule has 2 aromatic carbocycles. The van der Waals surface area contributed by atoms with Crippen molar-refractivity contribution in [1.82, 2.24) is 9.78 Å². The summed E-state index contributed by atoms with van der Waals surface area (Å²) in [4.78, 5) is 24.0. The summed E-state index contributed by atoms with van der Waals surface area (Å²) < 4.78 is 1.38. The van der Waals surface area contributed by atoms with Gasteiger partial charge in [0, 0.05) is 11.6 Å². The number of carbonyl (C=O) groups excluding carboxylic acids is 1. The Balaban J connectivity index is 1.85. The van der Waals surface area contributed by atoms with Crippen molar-refractivity contribution >= 4 is 11.7 Å². The predicted molar refractivity (Wildman–Crippen MR) is 80.8 cm³/mol. The molecule has 5 heteroatoms. The maximum atomic E-state index is 12.0. The molecule has 0 unspecified atom stereocenters. The topological polar surface area (TPSA) is 66.9 Å². The zero-order valence-corrected chi connectivity index (χ0v) is 11.1. The second kappa shape index (κ2) is 5.50. The van der Waals surface area contributed by atoms with Crippen molar-refractivity contribution in [3.05, 3.63) is 82.6 Å². The van der Waals surface area contributed by atoms with Crippen LogP contribution in [0.25, 0.3) is 5.69 Å². The zero-order chi connectivity index (χ0) is 14.7. The molecule has 0 aliphatic heterocycles. The molecule has 0 saturated carbocycles. The number of para-hydroxylation sites is 1. The molecule has 0 saturated heterocycles. The molecule has 1 aromatic heterocycles. The Morgan fingerprint density at radius 1 is 0.952 bits per heavy atom. The van der Waals surface area contributed by atoms with Crippen LogP contribution < -0.4 is 10.9 Å². The second-order valence-corrected chi connectivity index (χ2v) is 4.50. The smallest absolute Gasteiger partial charge is 0.273 e. The van der Waals surface area contributed by atoms with Crippen LogP contribution in [-0.2, 0) is 0 Å². The lowest BCUT2D eigenvalue weighted by Crippen LogP contribution is -2.13. The number of aromatic amines is 1. The van der Waals surface area contributed by atoms with Crippen LogP contribution in [0.1, 0.15) is 10.4 Å². The standard InChI is InChI=1S/C16H13N3O2/c20-15-11-14(17-16(21)12-7-3-1-4-8-12)18-19(15)13-9-5-2-6-10-13/h1-11,18H,(H,17,21). The van der Waals surface area contributed by atoms with Crippen molar-refractivity contribution in [2.45, 2.75) is 0 Å². The quantitative estimate of drug-likeness (QED) is 0.773. The van der Waals surface area contributed by atoms with Gasteiger partial charge in [0.25, 0.3) is 11.5 Å². The van der Waals surface area contributed by atoms with Gasteiger partial charge in [0.15, 0.2) is 0 Å². The molecule has 1 heterocycles. The monoisotopic (exact) mass is 279 g/mol. The van der Waals surface area contributed by atoms with E-state index in [0.717, 1.165) is 0 Å². The molecule has 0 aliphatic rings. The lowest BCUT2D eigenvalue weighted by Gasteiger charge is -2.03. The van der Waals surface area contributed by atoms with Gasteiger partial charge in [-0.2, -0.15) is 0 Å². The van der Waals surface area contributed by atoms with E-state index in [0.29, 0.717) is 17.1 Å². The number of benzene rings is 2. The van der Waals surface area contributed by atoms with Gasteiger partial charge in [-0.3, -0.25) is 14.7 Å². The SMILES string of the molecule is O=C(Nc1cc(=O)n(-c2ccccc2)[nH]1)c1ccccc1. The molecule has 3 rings (SSSR count). The van der Waals surface area contributed by atoms with Crippen LogP contribution in [0, 0.1) is 0 Å². The van der Waals surface area contributed by atoms with Crippen LogP contribution in [0.2, 0.25) is 0 Å². The summed E-state index contributed by atoms with van der Waals surface area (Å²) in [6.07, 6.45) is 0. The number of hydrogen-bond acceptors (Lipinski definition) is 2. The molecule has 104 valence electrons. The van der Waals surface area contributed by atoms with E-state index >= 15 is 0 Å². The van der Waals surface area contributed by atoms with Crippen molar-refractivity contribution in [3.63, 3.8) is 0 Å². The van der Waals surface area contributed by atoms with E-state index < -0.39 is 0 Å². The highest BCUT2D eigenvalue weighted by Crippen LogP contribution is 2.08. The van der Waals surface area contributed by atoms with Crippen molar-refractivity contribution < 1.29 is 4.79 Å². The summed E-state index contributed by atoms with van der Waals surface area (Å²) in [7, 11) is 0. The maximum Gasteiger partial charge on any atom is 0.273 e. The fourth-order valence-electron chi connectivity index (χ4n) is 2.01. The molecule has 2 N–H and O–H groups in total. The number of nitrogens with one attached hydrogen (secondary N) is 2. The molecule has 0 aliphatic carbocycles. The Morgan fingerprint density at radius 3 is 2.24 bits per heavy atom. The molecule has 1 amide bonds. The first-order valence-electron chi connectivity index (χ1n) is 6.48. The molecule has 0 radical (unpaired) electrons. The van der Waals surface area contributed by atoms with E-state index in [2.05, 4.69) is 10.4 Å². The van der Waals surface area contributed by atoms with Crippen molar-refractivity contribution in [2.75, 3.05) is 5.32 Å². The van der Waals surface area contributed by atoms with Crippen LogP contribution in [0.15, 0.2) is 71.5 Å². The molecular formula is C16H13N3O2. The lowest BCUT2D eigenvalue weighted by atomic mass is 10.2. The average molecular weight is 279 g/mol. The van der Waals surface area contributed by atoms with E-state index in [1.54, 1.807) is 36.4 Å². The summed E-state index contributed by atoms with van der Waals surface area (Å²) in [5.74, 6) is 0.0924. The number of rotatable bonds is 3. The van der Waals surface area contributed by atoms with Gasteiger partial charge in [0.05, 0.1) is 5.69 Å². The van der Waals surface area contributed by atoms with Crippen LogP contribution in [0.4, 0.5) is 5.82 Å². The second-order valence-electron chi connectivity index (χ2n) is 4.50. The van der Waals surface area contributed by atoms with Crippen LogP contribution in [0.5, 0.6) is 0 Å². The van der Waals surface area contributed by atoms with Gasteiger partial charge in [-0.1, -0.05) is 36.4 Å². The van der Waals surface area contributed by atoms with Gasteiger partial charge < -0.3 is 5.32 Å². The highest BCUT2D eigenvalue weighted by atomic mass is 16.2. The van der Waals surface area contributed by atoms with Gasteiger partial charge in [-0.05, 0) is 24.3 Å². The first-order chi connectivity index (χ1) is 10.2. The van der Waals surface area contributed by atoms with Crippen molar-refractivity contribution in [2.24, 2.45) is 0 Å². The Kier molecular flexibility index (Phi) is 3.39. The number of anilines is 1. The van der Waals surface area contributed by atoms with Crippen LogP contribution in [-0.4, -0.2) is 15.7 Å². The molecule has 21 heavy (non-hydrogen) atoms. The van der Waals surface area contributed by atoms with Gasteiger partial charge in [-0.15, -0.1) is 0 Å². The van der Waals surface area contributed by atoms with Gasteiger partial charge in [-0.25, -0.2) is 4.68 Å². The number of nitrogens with zero attached hydrogens (tertiary/aromatic N) is 1. The predicted octanol–water partition coefficient (Wildman–Crippen LogP) is 2.42. The average Bonchev–Trinajstić information content (AvgIpc) is 2.89. The summed E-state index contributed by atoms with van der Waals surface area (Å²) in [5, 5.41) is 5.54. The number of aromatic nitrogens is 2. The Bertz CT molecular complexity index is 804. The molecule has 0 atom stereocenters. The first kappa shape index (κ1) is 12.9. The number of carbonyl (C=O) groups is 1. The summed E-state index contributed by atoms with van der Waals surface area (Å²) >= 11 is 0. The van der Waals surface area contributed by atoms with E-state index in [1.165, 1.54) is 10.7 Å². The van der Waals surface area contributed by atoms with E-state index in [9.17, 15) is 9.59 Å². The fourth-order valence-corrected chi connectivity index (χ4v) is 2.01. The Hall–Kier alpha value is -3.08. The Morgan fingerprint density at radius 2 is 1.57 bits per heavy atom. The molecule has 3 aromatic rings. The molecule has 0 fully saturated rings. The molecule has 0 bridgehead atoms. The minimum absolute atomic E-state index is 0.232. The Labute approximate surface area is 120 Å². The lowest BCUT2D eigenvalue weighted by molar-refractivity contribution is 0.102. The largest absolute Gasteiger partial charge is 0.307 e.